The Kier molecular flexibility index (Phi) is 3.83. The molecule has 1 unspecified atom stereocenters. The minimum atomic E-state index is -0.464. The molecule has 4 heteroatoms. The Morgan fingerprint density at radius 1 is 1.43 bits per heavy atom. The van der Waals surface area contributed by atoms with Gasteiger partial charge in [-0.3, -0.25) is 0 Å². The van der Waals surface area contributed by atoms with Gasteiger partial charge >= 0.3 is 0 Å². The Labute approximate surface area is 81.9 Å². The van der Waals surface area contributed by atoms with Gasteiger partial charge in [-0.15, -0.1) is 0 Å². The molecule has 0 aromatic heterocycles. The first kappa shape index (κ1) is 10.9. The number of rotatable bonds is 4. The fraction of sp³-hybridized carbons (Fsp3) is 0.400. The van der Waals surface area contributed by atoms with E-state index in [2.05, 4.69) is 5.32 Å². The van der Waals surface area contributed by atoms with Crippen LogP contribution < -0.4 is 5.32 Å². The van der Waals surface area contributed by atoms with Crippen molar-refractivity contribution in [1.82, 2.24) is 0 Å². The van der Waals surface area contributed by atoms with Gasteiger partial charge in [0, 0.05) is 13.2 Å². The van der Waals surface area contributed by atoms with Crippen molar-refractivity contribution in [3.8, 4) is 0 Å². The van der Waals surface area contributed by atoms with Gasteiger partial charge in [-0.2, -0.15) is 0 Å². The summed E-state index contributed by atoms with van der Waals surface area (Å²) >= 11 is 0. The summed E-state index contributed by atoms with van der Waals surface area (Å²) in [6, 6.07) is 3.25. The van der Waals surface area contributed by atoms with Gasteiger partial charge in [0.2, 0.25) is 0 Å². The molecule has 78 valence electrons. The highest BCUT2D eigenvalue weighted by molar-refractivity contribution is 5.45. The lowest BCUT2D eigenvalue weighted by Gasteiger charge is -2.14. The van der Waals surface area contributed by atoms with Crippen LogP contribution in [0.1, 0.15) is 6.92 Å². The number of nitrogens with one attached hydrogen (secondary N) is 1. The Morgan fingerprint density at radius 2 is 2.14 bits per heavy atom. The molecule has 1 aromatic carbocycles. The van der Waals surface area contributed by atoms with Crippen LogP contribution in [0.3, 0.4) is 0 Å². The van der Waals surface area contributed by atoms with E-state index in [0.717, 1.165) is 18.2 Å². The third-order valence-corrected chi connectivity index (χ3v) is 1.75. The van der Waals surface area contributed by atoms with Gasteiger partial charge in [0.1, 0.15) is 11.6 Å². The molecule has 1 atom stereocenters. The summed E-state index contributed by atoms with van der Waals surface area (Å²) in [6.45, 7) is 2.27. The fourth-order valence-electron chi connectivity index (χ4n) is 1.17. The molecule has 0 saturated carbocycles. The molecule has 1 aromatic rings. The van der Waals surface area contributed by atoms with Crippen molar-refractivity contribution >= 4 is 5.69 Å². The molecule has 1 N–H and O–H groups in total. The van der Waals surface area contributed by atoms with Gasteiger partial charge in [-0.05, 0) is 25.1 Å². The second kappa shape index (κ2) is 4.91. The number of hydrogen-bond acceptors (Lipinski definition) is 2. The number of methoxy groups -OCH3 is 1. The molecular formula is C10H13F2NO. The number of hydrogen-bond donors (Lipinski definition) is 1. The van der Waals surface area contributed by atoms with Gasteiger partial charge in [-0.25, -0.2) is 8.78 Å². The second-order valence-corrected chi connectivity index (χ2v) is 3.12. The van der Waals surface area contributed by atoms with E-state index in [1.165, 1.54) is 0 Å². The van der Waals surface area contributed by atoms with Crippen molar-refractivity contribution < 1.29 is 13.5 Å². The van der Waals surface area contributed by atoms with Crippen LogP contribution in [-0.4, -0.2) is 19.8 Å². The molecule has 0 amide bonds. The summed E-state index contributed by atoms with van der Waals surface area (Å²) in [5, 5.41) is 2.81. The monoisotopic (exact) mass is 201 g/mol. The van der Waals surface area contributed by atoms with Gasteiger partial charge in [0.15, 0.2) is 0 Å². The molecule has 0 fully saturated rings. The van der Waals surface area contributed by atoms with Gasteiger partial charge in [0.05, 0.1) is 12.3 Å². The van der Waals surface area contributed by atoms with E-state index in [9.17, 15) is 8.78 Å². The van der Waals surface area contributed by atoms with Crippen molar-refractivity contribution in [2.45, 2.75) is 13.0 Å². The summed E-state index contributed by atoms with van der Waals surface area (Å²) in [5.74, 6) is -0.923. The van der Waals surface area contributed by atoms with Crippen LogP contribution in [0, 0.1) is 11.6 Å². The SMILES string of the molecule is COCC(C)Nc1cc(F)ccc1F. The largest absolute Gasteiger partial charge is 0.383 e. The van der Waals surface area contributed by atoms with E-state index in [1.54, 1.807) is 7.11 Å². The van der Waals surface area contributed by atoms with Crippen molar-refractivity contribution in [3.63, 3.8) is 0 Å². The lowest BCUT2D eigenvalue weighted by molar-refractivity contribution is 0.190. The summed E-state index contributed by atoms with van der Waals surface area (Å²) in [6.07, 6.45) is 0. The van der Waals surface area contributed by atoms with Crippen LogP contribution in [0.15, 0.2) is 18.2 Å². The molecule has 0 radical (unpaired) electrons. The first-order valence-corrected chi connectivity index (χ1v) is 4.34. The van der Waals surface area contributed by atoms with E-state index >= 15 is 0 Å². The van der Waals surface area contributed by atoms with Crippen molar-refractivity contribution in [2.24, 2.45) is 0 Å². The maximum atomic E-state index is 13.1. The molecular weight excluding hydrogens is 188 g/mol. The molecule has 0 aliphatic carbocycles. The van der Waals surface area contributed by atoms with Crippen LogP contribution in [0.4, 0.5) is 14.5 Å². The number of anilines is 1. The maximum absolute atomic E-state index is 13.1. The highest BCUT2D eigenvalue weighted by atomic mass is 19.1. The zero-order valence-corrected chi connectivity index (χ0v) is 8.18. The Hall–Kier alpha value is -1.16. The predicted molar refractivity (Wildman–Crippen MR) is 51.3 cm³/mol. The minimum absolute atomic E-state index is 0.0590. The molecule has 2 nitrogen and oxygen atoms in total. The number of ether oxygens (including phenoxy) is 1. The zero-order valence-electron chi connectivity index (χ0n) is 8.18. The Bertz CT molecular complexity index is 304. The molecule has 0 spiro atoms. The smallest absolute Gasteiger partial charge is 0.146 e. The Morgan fingerprint density at radius 3 is 2.79 bits per heavy atom. The minimum Gasteiger partial charge on any atom is -0.383 e. The highest BCUT2D eigenvalue weighted by Gasteiger charge is 2.06. The second-order valence-electron chi connectivity index (χ2n) is 3.12. The van der Waals surface area contributed by atoms with Crippen LogP contribution >= 0.6 is 0 Å². The molecule has 0 heterocycles. The van der Waals surface area contributed by atoms with Crippen molar-refractivity contribution in [1.29, 1.82) is 0 Å². The van der Waals surface area contributed by atoms with Crippen LogP contribution in [-0.2, 0) is 4.74 Å². The molecule has 0 aliphatic heterocycles. The molecule has 0 aliphatic rings. The standard InChI is InChI=1S/C10H13F2NO/c1-7(6-14-2)13-10-5-8(11)3-4-9(10)12/h3-5,7,13H,6H2,1-2H3. The highest BCUT2D eigenvalue weighted by Crippen LogP contribution is 2.16. The molecule has 0 bridgehead atoms. The van der Waals surface area contributed by atoms with Gasteiger partial charge < -0.3 is 10.1 Å². The quantitative estimate of drug-likeness (QED) is 0.807. The zero-order chi connectivity index (χ0) is 10.6. The third-order valence-electron chi connectivity index (χ3n) is 1.75. The topological polar surface area (TPSA) is 21.3 Å². The maximum Gasteiger partial charge on any atom is 0.146 e. The van der Waals surface area contributed by atoms with Crippen molar-refractivity contribution in [2.75, 3.05) is 19.0 Å². The summed E-state index contributed by atoms with van der Waals surface area (Å²) in [5.41, 5.74) is 0.162. The van der Waals surface area contributed by atoms with E-state index in [4.69, 9.17) is 4.74 Å². The lowest BCUT2D eigenvalue weighted by atomic mass is 10.2. The first-order valence-electron chi connectivity index (χ1n) is 4.34. The van der Waals surface area contributed by atoms with Crippen LogP contribution in [0.25, 0.3) is 0 Å². The Balaban J connectivity index is 2.70. The molecule has 0 saturated heterocycles. The first-order chi connectivity index (χ1) is 6.63. The molecule has 1 rings (SSSR count). The number of benzene rings is 1. The van der Waals surface area contributed by atoms with Gasteiger partial charge in [-0.1, -0.05) is 0 Å². The lowest BCUT2D eigenvalue weighted by Crippen LogP contribution is -2.21. The van der Waals surface area contributed by atoms with Crippen molar-refractivity contribution in [3.05, 3.63) is 29.8 Å². The van der Waals surface area contributed by atoms with Crippen LogP contribution in [0.5, 0.6) is 0 Å². The van der Waals surface area contributed by atoms with E-state index in [-0.39, 0.29) is 11.7 Å². The van der Waals surface area contributed by atoms with Crippen LogP contribution in [0.2, 0.25) is 0 Å². The summed E-state index contributed by atoms with van der Waals surface area (Å²) in [4.78, 5) is 0. The normalized spacial score (nSPS) is 12.6. The predicted octanol–water partition coefficient (Wildman–Crippen LogP) is 2.41. The van der Waals surface area contributed by atoms with E-state index in [0.29, 0.717) is 6.61 Å². The van der Waals surface area contributed by atoms with E-state index < -0.39 is 11.6 Å². The average Bonchev–Trinajstić information content (AvgIpc) is 2.12. The molecule has 14 heavy (non-hydrogen) atoms. The number of halogens is 2. The third kappa shape index (κ3) is 2.96. The van der Waals surface area contributed by atoms with Gasteiger partial charge in [0.25, 0.3) is 0 Å². The summed E-state index contributed by atoms with van der Waals surface area (Å²) < 4.78 is 30.7. The van der Waals surface area contributed by atoms with E-state index in [1.807, 2.05) is 6.92 Å². The average molecular weight is 201 g/mol. The fourth-order valence-corrected chi connectivity index (χ4v) is 1.17. The summed E-state index contributed by atoms with van der Waals surface area (Å²) in [7, 11) is 1.56.